The van der Waals surface area contributed by atoms with Crippen molar-refractivity contribution in [3.8, 4) is 0 Å². The SMILES string of the molecule is CC(=O)NCc1ccc(C(=O)NC(=NCc2ccccn2)Nc2ccccc2C)cc1. The lowest BCUT2D eigenvalue weighted by atomic mass is 10.1. The van der Waals surface area contributed by atoms with E-state index in [9.17, 15) is 9.59 Å². The summed E-state index contributed by atoms with van der Waals surface area (Å²) in [6, 6.07) is 20.5. The van der Waals surface area contributed by atoms with E-state index in [1.807, 2.05) is 61.5 Å². The predicted molar refractivity (Wildman–Crippen MR) is 122 cm³/mol. The number of benzene rings is 2. The molecule has 0 spiro atoms. The van der Waals surface area contributed by atoms with Gasteiger partial charge < -0.3 is 10.6 Å². The molecule has 0 saturated heterocycles. The summed E-state index contributed by atoms with van der Waals surface area (Å²) in [6.45, 7) is 4.19. The fourth-order valence-electron chi connectivity index (χ4n) is 2.78. The van der Waals surface area contributed by atoms with E-state index in [1.165, 1.54) is 6.92 Å². The van der Waals surface area contributed by atoms with Crippen molar-refractivity contribution >= 4 is 23.5 Å². The third-order valence-electron chi connectivity index (χ3n) is 4.51. The van der Waals surface area contributed by atoms with E-state index in [2.05, 4.69) is 25.9 Å². The molecule has 0 unspecified atom stereocenters. The molecule has 0 bridgehead atoms. The molecule has 0 radical (unpaired) electrons. The van der Waals surface area contributed by atoms with Gasteiger partial charge in [0.2, 0.25) is 11.9 Å². The number of para-hydroxylation sites is 1. The number of rotatable bonds is 6. The van der Waals surface area contributed by atoms with Crippen molar-refractivity contribution in [1.29, 1.82) is 0 Å². The molecule has 31 heavy (non-hydrogen) atoms. The minimum atomic E-state index is -0.285. The van der Waals surface area contributed by atoms with E-state index in [0.29, 0.717) is 24.6 Å². The number of carbonyl (C=O) groups excluding carboxylic acids is 2. The van der Waals surface area contributed by atoms with Crippen LogP contribution < -0.4 is 16.0 Å². The lowest BCUT2D eigenvalue weighted by molar-refractivity contribution is -0.119. The molecule has 0 fully saturated rings. The Morgan fingerprint density at radius 3 is 2.39 bits per heavy atom. The normalized spacial score (nSPS) is 11.0. The van der Waals surface area contributed by atoms with Crippen molar-refractivity contribution in [2.45, 2.75) is 26.9 Å². The van der Waals surface area contributed by atoms with Crippen LogP contribution in [0.25, 0.3) is 0 Å². The molecule has 0 aliphatic heterocycles. The van der Waals surface area contributed by atoms with E-state index in [1.54, 1.807) is 18.3 Å². The average Bonchev–Trinajstić information content (AvgIpc) is 2.78. The van der Waals surface area contributed by atoms with Crippen molar-refractivity contribution in [2.75, 3.05) is 5.32 Å². The summed E-state index contributed by atoms with van der Waals surface area (Å²) >= 11 is 0. The van der Waals surface area contributed by atoms with Crippen LogP contribution >= 0.6 is 0 Å². The molecular weight excluding hydrogens is 390 g/mol. The Morgan fingerprint density at radius 2 is 1.71 bits per heavy atom. The van der Waals surface area contributed by atoms with Gasteiger partial charge in [0.1, 0.15) is 0 Å². The Balaban J connectivity index is 1.74. The van der Waals surface area contributed by atoms with Gasteiger partial charge in [-0.15, -0.1) is 0 Å². The number of hydrogen-bond acceptors (Lipinski definition) is 4. The van der Waals surface area contributed by atoms with Crippen LogP contribution in [0.2, 0.25) is 0 Å². The molecule has 1 aromatic heterocycles. The zero-order chi connectivity index (χ0) is 22.1. The number of aromatic nitrogens is 1. The molecule has 0 aliphatic carbocycles. The van der Waals surface area contributed by atoms with Crippen LogP contribution in [0.1, 0.15) is 34.1 Å². The van der Waals surface area contributed by atoms with Crippen LogP contribution in [0.4, 0.5) is 5.69 Å². The molecule has 3 rings (SSSR count). The highest BCUT2D eigenvalue weighted by Crippen LogP contribution is 2.13. The fourth-order valence-corrected chi connectivity index (χ4v) is 2.78. The molecule has 7 nitrogen and oxygen atoms in total. The van der Waals surface area contributed by atoms with E-state index < -0.39 is 0 Å². The first-order valence-corrected chi connectivity index (χ1v) is 9.93. The summed E-state index contributed by atoms with van der Waals surface area (Å²) < 4.78 is 0. The lowest BCUT2D eigenvalue weighted by Crippen LogP contribution is -2.36. The molecule has 158 valence electrons. The first kappa shape index (κ1) is 21.7. The van der Waals surface area contributed by atoms with Gasteiger partial charge in [0, 0.05) is 30.9 Å². The van der Waals surface area contributed by atoms with E-state index in [0.717, 1.165) is 22.5 Å². The van der Waals surface area contributed by atoms with Crippen LogP contribution in [0.15, 0.2) is 77.9 Å². The largest absolute Gasteiger partial charge is 0.352 e. The first-order chi connectivity index (χ1) is 15.0. The minimum absolute atomic E-state index is 0.0992. The standard InChI is InChI=1S/C24H25N5O2/c1-17-7-3-4-9-22(17)28-24(27-16-21-8-5-6-14-25-21)29-23(31)20-12-10-19(11-13-20)15-26-18(2)30/h3-14H,15-16H2,1-2H3,(H,26,30)(H2,27,28,29,31). The predicted octanol–water partition coefficient (Wildman–Crippen LogP) is 3.42. The summed E-state index contributed by atoms with van der Waals surface area (Å²) in [5.41, 5.74) is 4.08. The molecule has 0 saturated carbocycles. The quantitative estimate of drug-likeness (QED) is 0.425. The second-order valence-electron chi connectivity index (χ2n) is 6.99. The molecule has 7 heteroatoms. The van der Waals surface area contributed by atoms with Crippen LogP contribution in [0.3, 0.4) is 0 Å². The van der Waals surface area contributed by atoms with Crippen molar-refractivity contribution < 1.29 is 9.59 Å². The number of amides is 2. The van der Waals surface area contributed by atoms with Gasteiger partial charge in [-0.25, -0.2) is 4.99 Å². The van der Waals surface area contributed by atoms with Crippen molar-refractivity contribution in [2.24, 2.45) is 4.99 Å². The zero-order valence-corrected chi connectivity index (χ0v) is 17.6. The maximum absolute atomic E-state index is 12.8. The number of anilines is 1. The number of carbonyl (C=O) groups is 2. The van der Waals surface area contributed by atoms with Gasteiger partial charge in [0.15, 0.2) is 0 Å². The fraction of sp³-hybridized carbons (Fsp3) is 0.167. The van der Waals surface area contributed by atoms with Crippen LogP contribution in [0, 0.1) is 6.92 Å². The molecule has 3 N–H and O–H groups in total. The highest BCUT2D eigenvalue weighted by molar-refractivity contribution is 6.10. The lowest BCUT2D eigenvalue weighted by Gasteiger charge is -2.14. The highest BCUT2D eigenvalue weighted by atomic mass is 16.2. The molecule has 2 amide bonds. The summed E-state index contributed by atoms with van der Waals surface area (Å²) in [5, 5.41) is 8.79. The van der Waals surface area contributed by atoms with E-state index in [4.69, 9.17) is 0 Å². The van der Waals surface area contributed by atoms with Crippen LogP contribution in [-0.2, 0) is 17.9 Å². The average molecular weight is 415 g/mol. The van der Waals surface area contributed by atoms with Crippen LogP contribution in [0.5, 0.6) is 0 Å². The second-order valence-corrected chi connectivity index (χ2v) is 6.99. The number of guanidine groups is 1. The molecule has 2 aromatic carbocycles. The van der Waals surface area contributed by atoms with Gasteiger partial charge in [0.25, 0.3) is 5.91 Å². The van der Waals surface area contributed by atoms with Gasteiger partial charge in [-0.2, -0.15) is 0 Å². The Kier molecular flexibility index (Phi) is 7.48. The maximum atomic E-state index is 12.8. The Morgan fingerprint density at radius 1 is 0.968 bits per heavy atom. The number of nitrogens with one attached hydrogen (secondary N) is 3. The topological polar surface area (TPSA) is 95.5 Å². The zero-order valence-electron chi connectivity index (χ0n) is 17.6. The minimum Gasteiger partial charge on any atom is -0.352 e. The highest BCUT2D eigenvalue weighted by Gasteiger charge is 2.11. The smallest absolute Gasteiger partial charge is 0.257 e. The molecule has 0 aliphatic rings. The monoisotopic (exact) mass is 415 g/mol. The molecular formula is C24H25N5O2. The van der Waals surface area contributed by atoms with Crippen molar-refractivity contribution in [3.05, 3.63) is 95.3 Å². The third kappa shape index (κ3) is 6.78. The molecule has 0 atom stereocenters. The Labute approximate surface area is 181 Å². The van der Waals surface area contributed by atoms with Gasteiger partial charge in [-0.3, -0.25) is 19.9 Å². The summed E-state index contributed by atoms with van der Waals surface area (Å²) in [5.74, 6) is -0.0444. The Hall–Kier alpha value is -4.00. The van der Waals surface area contributed by atoms with Gasteiger partial charge in [-0.1, -0.05) is 36.4 Å². The van der Waals surface area contributed by atoms with E-state index in [-0.39, 0.29) is 11.8 Å². The number of aryl methyl sites for hydroxylation is 1. The number of aliphatic imine (C=N–C) groups is 1. The van der Waals surface area contributed by atoms with Gasteiger partial charge in [-0.05, 0) is 48.4 Å². The summed E-state index contributed by atoms with van der Waals surface area (Å²) in [6.07, 6.45) is 1.71. The van der Waals surface area contributed by atoms with E-state index >= 15 is 0 Å². The van der Waals surface area contributed by atoms with Gasteiger partial charge >= 0.3 is 0 Å². The second kappa shape index (κ2) is 10.7. The Bertz CT molecular complexity index is 1060. The maximum Gasteiger partial charge on any atom is 0.257 e. The third-order valence-corrected chi connectivity index (χ3v) is 4.51. The number of pyridine rings is 1. The van der Waals surface area contributed by atoms with Crippen LogP contribution in [-0.4, -0.2) is 22.8 Å². The molecule has 1 heterocycles. The van der Waals surface area contributed by atoms with Crippen molar-refractivity contribution in [1.82, 2.24) is 15.6 Å². The van der Waals surface area contributed by atoms with Gasteiger partial charge in [0.05, 0.1) is 12.2 Å². The number of hydrogen-bond donors (Lipinski definition) is 3. The van der Waals surface area contributed by atoms with Crippen molar-refractivity contribution in [3.63, 3.8) is 0 Å². The number of nitrogens with zero attached hydrogens (tertiary/aromatic N) is 2. The summed E-state index contributed by atoms with van der Waals surface area (Å²) in [7, 11) is 0. The first-order valence-electron chi connectivity index (χ1n) is 9.93. The summed E-state index contributed by atoms with van der Waals surface area (Å²) in [4.78, 5) is 32.7. The molecule has 3 aromatic rings.